The van der Waals surface area contributed by atoms with E-state index in [1.54, 1.807) is 6.92 Å². The highest BCUT2D eigenvalue weighted by Gasteiger charge is 2.22. The van der Waals surface area contributed by atoms with E-state index < -0.39 is 6.04 Å². The van der Waals surface area contributed by atoms with Gasteiger partial charge in [-0.15, -0.1) is 0 Å². The van der Waals surface area contributed by atoms with Crippen LogP contribution in [0.2, 0.25) is 0 Å². The molecule has 1 fully saturated rings. The Balaban J connectivity index is 2.50. The summed E-state index contributed by atoms with van der Waals surface area (Å²) in [5.41, 5.74) is 0. The number of esters is 1. The fourth-order valence-corrected chi connectivity index (χ4v) is 1.75. The Hall–Kier alpha value is -1.06. The molecule has 0 radical (unpaired) electrons. The summed E-state index contributed by atoms with van der Waals surface area (Å²) in [6, 6.07) is -0.435. The standard InChI is InChI=1S/C11H19NO3/c1-2-15-11(14)9-7-5-3-4-6-8-10(13)12-9/h9H,2-8H2,1H3,(H,12,13). The Morgan fingerprint density at radius 1 is 1.40 bits per heavy atom. The van der Waals surface area contributed by atoms with Gasteiger partial charge in [0.15, 0.2) is 0 Å². The molecule has 4 heteroatoms. The first-order valence-corrected chi connectivity index (χ1v) is 5.70. The summed E-state index contributed by atoms with van der Waals surface area (Å²) < 4.78 is 4.91. The highest BCUT2D eigenvalue weighted by molar-refractivity contribution is 5.84. The molecular formula is C11H19NO3. The Labute approximate surface area is 90.4 Å². The molecule has 0 aromatic rings. The third-order valence-electron chi connectivity index (χ3n) is 2.55. The molecular weight excluding hydrogens is 194 g/mol. The van der Waals surface area contributed by atoms with Gasteiger partial charge in [0.1, 0.15) is 6.04 Å². The predicted molar refractivity (Wildman–Crippen MR) is 56.3 cm³/mol. The zero-order valence-electron chi connectivity index (χ0n) is 9.25. The largest absolute Gasteiger partial charge is 0.464 e. The van der Waals surface area contributed by atoms with Gasteiger partial charge in [-0.2, -0.15) is 0 Å². The maximum atomic E-state index is 11.5. The highest BCUT2D eigenvalue weighted by Crippen LogP contribution is 2.11. The summed E-state index contributed by atoms with van der Waals surface area (Å²) in [5, 5.41) is 2.73. The summed E-state index contributed by atoms with van der Waals surface area (Å²) in [7, 11) is 0. The van der Waals surface area contributed by atoms with Crippen LogP contribution in [0.3, 0.4) is 0 Å². The van der Waals surface area contributed by atoms with E-state index in [2.05, 4.69) is 5.32 Å². The first-order valence-electron chi connectivity index (χ1n) is 5.70. The van der Waals surface area contributed by atoms with E-state index in [1.165, 1.54) is 0 Å². The summed E-state index contributed by atoms with van der Waals surface area (Å²) in [5.74, 6) is -0.331. The average molecular weight is 213 g/mol. The van der Waals surface area contributed by atoms with Gasteiger partial charge in [-0.3, -0.25) is 4.79 Å². The fraction of sp³-hybridized carbons (Fsp3) is 0.818. The molecule has 1 atom stereocenters. The van der Waals surface area contributed by atoms with Crippen molar-refractivity contribution in [3.63, 3.8) is 0 Å². The molecule has 0 bridgehead atoms. The molecule has 0 saturated carbocycles. The van der Waals surface area contributed by atoms with Gasteiger partial charge in [-0.25, -0.2) is 4.79 Å². The van der Waals surface area contributed by atoms with Gasteiger partial charge in [-0.05, 0) is 19.8 Å². The van der Waals surface area contributed by atoms with Crippen molar-refractivity contribution in [2.24, 2.45) is 0 Å². The summed E-state index contributed by atoms with van der Waals surface area (Å²) in [4.78, 5) is 22.9. The third kappa shape index (κ3) is 4.32. The number of carbonyl (C=O) groups is 2. The van der Waals surface area contributed by atoms with Crippen LogP contribution in [0, 0.1) is 0 Å². The summed E-state index contributed by atoms with van der Waals surface area (Å²) in [6.07, 6.45) is 5.28. The summed E-state index contributed by atoms with van der Waals surface area (Å²) in [6.45, 7) is 2.14. The average Bonchev–Trinajstić information content (AvgIpc) is 2.30. The zero-order chi connectivity index (χ0) is 11.1. The normalized spacial score (nSPS) is 23.3. The number of hydrogen-bond acceptors (Lipinski definition) is 3. The van der Waals surface area contributed by atoms with E-state index in [4.69, 9.17) is 4.74 Å². The van der Waals surface area contributed by atoms with Gasteiger partial charge in [0.05, 0.1) is 6.61 Å². The van der Waals surface area contributed by atoms with E-state index in [9.17, 15) is 9.59 Å². The van der Waals surface area contributed by atoms with Gasteiger partial charge in [-0.1, -0.05) is 19.3 Å². The van der Waals surface area contributed by atoms with Crippen LogP contribution >= 0.6 is 0 Å². The quantitative estimate of drug-likeness (QED) is 0.705. The molecule has 15 heavy (non-hydrogen) atoms. The lowest BCUT2D eigenvalue weighted by Gasteiger charge is -2.15. The van der Waals surface area contributed by atoms with Gasteiger partial charge in [0, 0.05) is 6.42 Å². The maximum Gasteiger partial charge on any atom is 0.328 e. The number of carbonyl (C=O) groups excluding carboxylic acids is 2. The zero-order valence-corrected chi connectivity index (χ0v) is 9.25. The van der Waals surface area contributed by atoms with Crippen molar-refractivity contribution < 1.29 is 14.3 Å². The highest BCUT2D eigenvalue weighted by atomic mass is 16.5. The number of amides is 1. The Bertz CT molecular complexity index is 228. The lowest BCUT2D eigenvalue weighted by Crippen LogP contribution is -2.41. The number of rotatable bonds is 2. The molecule has 1 amide bonds. The molecule has 86 valence electrons. The van der Waals surface area contributed by atoms with Crippen LogP contribution < -0.4 is 5.32 Å². The topological polar surface area (TPSA) is 55.4 Å². The first kappa shape index (κ1) is 12.0. The molecule has 1 unspecified atom stereocenters. The number of nitrogens with one attached hydrogen (secondary N) is 1. The van der Waals surface area contributed by atoms with E-state index in [1.807, 2.05) is 0 Å². The van der Waals surface area contributed by atoms with Crippen LogP contribution in [0.1, 0.15) is 45.4 Å². The molecule has 1 N–H and O–H groups in total. The van der Waals surface area contributed by atoms with Crippen molar-refractivity contribution >= 4 is 11.9 Å². The van der Waals surface area contributed by atoms with Crippen molar-refractivity contribution in [3.8, 4) is 0 Å². The molecule has 1 aliphatic heterocycles. The monoisotopic (exact) mass is 213 g/mol. The second kappa shape index (κ2) is 6.43. The second-order valence-electron chi connectivity index (χ2n) is 3.83. The van der Waals surface area contributed by atoms with Crippen molar-refractivity contribution in [1.82, 2.24) is 5.32 Å². The molecule has 0 aliphatic carbocycles. The number of hydrogen-bond donors (Lipinski definition) is 1. The lowest BCUT2D eigenvalue weighted by atomic mass is 10.1. The minimum atomic E-state index is -0.435. The van der Waals surface area contributed by atoms with Crippen LogP contribution in [0.5, 0.6) is 0 Å². The van der Waals surface area contributed by atoms with Crippen LogP contribution in [-0.2, 0) is 14.3 Å². The molecule has 1 heterocycles. The van der Waals surface area contributed by atoms with Crippen LogP contribution in [0.4, 0.5) is 0 Å². The van der Waals surface area contributed by atoms with Gasteiger partial charge in [0.25, 0.3) is 0 Å². The van der Waals surface area contributed by atoms with E-state index >= 15 is 0 Å². The molecule has 4 nitrogen and oxygen atoms in total. The smallest absolute Gasteiger partial charge is 0.328 e. The van der Waals surface area contributed by atoms with Crippen LogP contribution in [0.15, 0.2) is 0 Å². The van der Waals surface area contributed by atoms with Crippen molar-refractivity contribution in [2.75, 3.05) is 6.61 Å². The number of ether oxygens (including phenoxy) is 1. The van der Waals surface area contributed by atoms with Gasteiger partial charge < -0.3 is 10.1 Å². The molecule has 0 spiro atoms. The minimum absolute atomic E-state index is 0.0325. The van der Waals surface area contributed by atoms with Gasteiger partial charge >= 0.3 is 5.97 Å². The predicted octanol–water partition coefficient (Wildman–Crippen LogP) is 1.39. The molecule has 1 saturated heterocycles. The van der Waals surface area contributed by atoms with E-state index in [0.29, 0.717) is 19.4 Å². The van der Waals surface area contributed by atoms with Gasteiger partial charge in [0.2, 0.25) is 5.91 Å². The Kier molecular flexibility index (Phi) is 5.15. The lowest BCUT2D eigenvalue weighted by molar-refractivity contribution is -0.147. The third-order valence-corrected chi connectivity index (χ3v) is 2.55. The summed E-state index contributed by atoms with van der Waals surface area (Å²) >= 11 is 0. The van der Waals surface area contributed by atoms with Crippen LogP contribution in [-0.4, -0.2) is 24.5 Å². The van der Waals surface area contributed by atoms with Crippen molar-refractivity contribution in [1.29, 1.82) is 0 Å². The minimum Gasteiger partial charge on any atom is -0.464 e. The van der Waals surface area contributed by atoms with Crippen molar-refractivity contribution in [3.05, 3.63) is 0 Å². The molecule has 1 aliphatic rings. The Morgan fingerprint density at radius 2 is 2.13 bits per heavy atom. The fourth-order valence-electron chi connectivity index (χ4n) is 1.75. The first-order chi connectivity index (χ1) is 7.24. The van der Waals surface area contributed by atoms with E-state index in [0.717, 1.165) is 25.7 Å². The molecule has 0 aromatic heterocycles. The Morgan fingerprint density at radius 3 is 2.87 bits per heavy atom. The maximum absolute atomic E-state index is 11.5. The molecule has 1 rings (SSSR count). The van der Waals surface area contributed by atoms with Crippen LogP contribution in [0.25, 0.3) is 0 Å². The molecule has 0 aromatic carbocycles. The van der Waals surface area contributed by atoms with Crippen molar-refractivity contribution in [2.45, 2.75) is 51.5 Å². The van der Waals surface area contributed by atoms with E-state index in [-0.39, 0.29) is 11.9 Å². The second-order valence-corrected chi connectivity index (χ2v) is 3.83. The SMILES string of the molecule is CCOC(=O)C1CCCCCCC(=O)N1.